The molecule has 1 heterocycles. The summed E-state index contributed by atoms with van der Waals surface area (Å²) in [4.78, 5) is 0.934. The molecule has 1 aromatic heterocycles. The van der Waals surface area contributed by atoms with Crippen LogP contribution in [-0.4, -0.2) is 19.6 Å². The summed E-state index contributed by atoms with van der Waals surface area (Å²) >= 11 is 1.26. The van der Waals surface area contributed by atoms with Crippen molar-refractivity contribution in [2.24, 2.45) is 5.92 Å². The minimum Gasteiger partial charge on any atom is -0.391 e. The average molecular weight is 261 g/mol. The topological polar surface area (TPSA) is 66.4 Å². The average Bonchev–Trinajstić information content (AvgIpc) is 2.63. The molecule has 1 fully saturated rings. The van der Waals surface area contributed by atoms with Crippen LogP contribution in [0.1, 0.15) is 24.6 Å². The maximum absolute atomic E-state index is 11.9. The maximum Gasteiger partial charge on any atom is 0.241 e. The first-order valence-electron chi connectivity index (χ1n) is 5.22. The van der Waals surface area contributed by atoms with Crippen molar-refractivity contribution >= 4 is 21.4 Å². The molecule has 16 heavy (non-hydrogen) atoms. The second-order valence-corrected chi connectivity index (χ2v) is 7.01. The molecular formula is C10H15NO3S2. The normalized spacial score (nSPS) is 25.4. The van der Waals surface area contributed by atoms with Crippen molar-refractivity contribution in [1.82, 2.24) is 4.72 Å². The number of aliphatic hydroxyl groups excluding tert-OH is 1. The van der Waals surface area contributed by atoms with Crippen molar-refractivity contribution in [3.63, 3.8) is 0 Å². The molecule has 1 aliphatic carbocycles. The molecule has 6 heteroatoms. The van der Waals surface area contributed by atoms with E-state index >= 15 is 0 Å². The fourth-order valence-corrected chi connectivity index (χ4v) is 4.27. The van der Waals surface area contributed by atoms with Crippen molar-refractivity contribution in [3.8, 4) is 0 Å². The van der Waals surface area contributed by atoms with Gasteiger partial charge in [-0.1, -0.05) is 6.92 Å². The van der Waals surface area contributed by atoms with Crippen LogP contribution in [0, 0.1) is 5.92 Å². The van der Waals surface area contributed by atoms with E-state index in [4.69, 9.17) is 5.11 Å². The summed E-state index contributed by atoms with van der Waals surface area (Å²) in [7, 11) is -3.38. The van der Waals surface area contributed by atoms with Crippen LogP contribution < -0.4 is 4.72 Å². The second kappa shape index (κ2) is 4.44. The zero-order chi connectivity index (χ0) is 11.8. The number of hydrogen-bond acceptors (Lipinski definition) is 4. The van der Waals surface area contributed by atoms with Crippen LogP contribution >= 0.6 is 11.3 Å². The molecule has 4 nitrogen and oxygen atoms in total. The smallest absolute Gasteiger partial charge is 0.241 e. The number of nitrogens with one attached hydrogen (secondary N) is 1. The first-order valence-corrected chi connectivity index (χ1v) is 7.58. The molecule has 1 saturated carbocycles. The van der Waals surface area contributed by atoms with Gasteiger partial charge in [-0.05, 0) is 24.8 Å². The van der Waals surface area contributed by atoms with Gasteiger partial charge in [-0.2, -0.15) is 0 Å². The Labute approximate surface area is 99.4 Å². The van der Waals surface area contributed by atoms with Crippen LogP contribution in [-0.2, 0) is 16.6 Å². The standard InChI is InChI=1S/C10H15NO3S2/c1-7-2-8(3-7)11-16(13,14)10-4-9(5-12)15-6-10/h4,6-8,11-12H,2-3,5H2,1H3. The fraction of sp³-hybridized carbons (Fsp3) is 0.600. The second-order valence-electron chi connectivity index (χ2n) is 4.30. The number of rotatable bonds is 4. The van der Waals surface area contributed by atoms with Gasteiger partial charge in [0.2, 0.25) is 10.0 Å². The Hall–Kier alpha value is -0.430. The minimum atomic E-state index is -3.38. The van der Waals surface area contributed by atoms with Gasteiger partial charge in [0.15, 0.2) is 0 Å². The Morgan fingerprint density at radius 2 is 2.25 bits per heavy atom. The number of aliphatic hydroxyl groups is 1. The molecule has 0 atom stereocenters. The van der Waals surface area contributed by atoms with E-state index in [9.17, 15) is 8.42 Å². The lowest BCUT2D eigenvalue weighted by molar-refractivity contribution is 0.270. The Bertz CT molecular complexity index is 460. The molecule has 0 bridgehead atoms. The molecule has 1 aliphatic rings. The summed E-state index contributed by atoms with van der Waals surface area (Å²) in [5, 5.41) is 10.5. The van der Waals surface area contributed by atoms with E-state index in [1.165, 1.54) is 17.4 Å². The largest absolute Gasteiger partial charge is 0.391 e. The number of thiophene rings is 1. The van der Waals surface area contributed by atoms with Crippen LogP contribution in [0.2, 0.25) is 0 Å². The zero-order valence-electron chi connectivity index (χ0n) is 9.01. The van der Waals surface area contributed by atoms with Gasteiger partial charge in [-0.3, -0.25) is 0 Å². The van der Waals surface area contributed by atoms with Crippen LogP contribution in [0.5, 0.6) is 0 Å². The van der Waals surface area contributed by atoms with Gasteiger partial charge in [-0.25, -0.2) is 13.1 Å². The molecule has 0 spiro atoms. The predicted molar refractivity (Wildman–Crippen MR) is 62.7 cm³/mol. The molecule has 0 radical (unpaired) electrons. The lowest BCUT2D eigenvalue weighted by Crippen LogP contribution is -2.43. The molecule has 2 N–H and O–H groups in total. The first-order chi connectivity index (χ1) is 7.51. The molecule has 0 saturated heterocycles. The van der Waals surface area contributed by atoms with Gasteiger partial charge >= 0.3 is 0 Å². The summed E-state index contributed by atoms with van der Waals surface area (Å²) in [5.74, 6) is 0.614. The van der Waals surface area contributed by atoms with Gasteiger partial charge in [0.25, 0.3) is 0 Å². The maximum atomic E-state index is 11.9. The van der Waals surface area contributed by atoms with Gasteiger partial charge in [0, 0.05) is 16.3 Å². The monoisotopic (exact) mass is 261 g/mol. The van der Waals surface area contributed by atoms with E-state index in [2.05, 4.69) is 11.6 Å². The minimum absolute atomic E-state index is 0.0810. The van der Waals surface area contributed by atoms with Crippen LogP contribution in [0.25, 0.3) is 0 Å². The van der Waals surface area contributed by atoms with E-state index in [0.29, 0.717) is 10.8 Å². The van der Waals surface area contributed by atoms with Crippen molar-refractivity contribution in [3.05, 3.63) is 16.3 Å². The summed E-state index contributed by atoms with van der Waals surface area (Å²) in [6, 6.07) is 1.60. The van der Waals surface area contributed by atoms with Crippen LogP contribution in [0.4, 0.5) is 0 Å². The molecule has 90 valence electrons. The molecular weight excluding hydrogens is 246 g/mol. The third kappa shape index (κ3) is 2.45. The fourth-order valence-electron chi connectivity index (χ4n) is 1.87. The van der Waals surface area contributed by atoms with Crippen molar-refractivity contribution in [1.29, 1.82) is 0 Å². The van der Waals surface area contributed by atoms with Crippen molar-refractivity contribution < 1.29 is 13.5 Å². The Kier molecular flexibility index (Phi) is 3.34. The molecule has 0 amide bonds. The third-order valence-electron chi connectivity index (χ3n) is 2.79. The van der Waals surface area contributed by atoms with Crippen LogP contribution in [0.3, 0.4) is 0 Å². The van der Waals surface area contributed by atoms with E-state index in [-0.39, 0.29) is 17.5 Å². The molecule has 1 aromatic rings. The number of sulfonamides is 1. The Morgan fingerprint density at radius 1 is 1.56 bits per heavy atom. The molecule has 0 aromatic carbocycles. The highest BCUT2D eigenvalue weighted by Gasteiger charge is 2.30. The lowest BCUT2D eigenvalue weighted by atomic mass is 9.83. The quantitative estimate of drug-likeness (QED) is 0.859. The summed E-state index contributed by atoms with van der Waals surface area (Å²) in [6.45, 7) is 2.00. The predicted octanol–water partition coefficient (Wildman–Crippen LogP) is 1.32. The van der Waals surface area contributed by atoms with Crippen molar-refractivity contribution in [2.45, 2.75) is 37.3 Å². The van der Waals surface area contributed by atoms with E-state index in [1.807, 2.05) is 0 Å². The lowest BCUT2D eigenvalue weighted by Gasteiger charge is -2.32. The SMILES string of the molecule is CC1CC(NS(=O)(=O)c2csc(CO)c2)C1. The highest BCUT2D eigenvalue weighted by molar-refractivity contribution is 7.89. The highest BCUT2D eigenvalue weighted by Crippen LogP contribution is 2.28. The zero-order valence-corrected chi connectivity index (χ0v) is 10.6. The Balaban J connectivity index is 2.06. The molecule has 2 rings (SSSR count). The highest BCUT2D eigenvalue weighted by atomic mass is 32.2. The van der Waals surface area contributed by atoms with Crippen molar-refractivity contribution in [2.75, 3.05) is 0 Å². The van der Waals surface area contributed by atoms with Gasteiger partial charge < -0.3 is 5.11 Å². The van der Waals surface area contributed by atoms with E-state index < -0.39 is 10.0 Å². The van der Waals surface area contributed by atoms with Crippen LogP contribution in [0.15, 0.2) is 16.3 Å². The van der Waals surface area contributed by atoms with E-state index in [0.717, 1.165) is 12.8 Å². The summed E-state index contributed by atoms with van der Waals surface area (Å²) in [5.41, 5.74) is 0. The van der Waals surface area contributed by atoms with E-state index in [1.54, 1.807) is 5.38 Å². The first kappa shape index (κ1) is 12.0. The Morgan fingerprint density at radius 3 is 2.75 bits per heavy atom. The summed E-state index contributed by atoms with van der Waals surface area (Å²) in [6.07, 6.45) is 1.83. The van der Waals surface area contributed by atoms with Gasteiger partial charge in [-0.15, -0.1) is 11.3 Å². The molecule has 0 aliphatic heterocycles. The van der Waals surface area contributed by atoms with Gasteiger partial charge in [0.05, 0.1) is 11.5 Å². The third-order valence-corrected chi connectivity index (χ3v) is 5.36. The summed E-state index contributed by atoms with van der Waals surface area (Å²) < 4.78 is 26.4. The molecule has 0 unspecified atom stereocenters. The number of hydrogen-bond donors (Lipinski definition) is 2. The van der Waals surface area contributed by atoms with Gasteiger partial charge in [0.1, 0.15) is 0 Å².